The third-order valence-corrected chi connectivity index (χ3v) is 13.6. The monoisotopic (exact) mass is 799 g/mol. The summed E-state index contributed by atoms with van der Waals surface area (Å²) in [5.41, 5.74) is 19.6. The predicted molar refractivity (Wildman–Crippen MR) is 256 cm³/mol. The van der Waals surface area contributed by atoms with E-state index in [9.17, 15) is 0 Å². The largest absolute Gasteiger partial charge is 0.256 e. The Hall–Kier alpha value is -8.41. The Morgan fingerprint density at radius 2 is 1.06 bits per heavy atom. The van der Waals surface area contributed by atoms with Crippen molar-refractivity contribution in [2.75, 3.05) is 0 Å². The number of para-hydroxylation sites is 2. The minimum atomic E-state index is -0.618. The van der Waals surface area contributed by atoms with Crippen LogP contribution in [0.1, 0.15) is 22.3 Å². The first-order valence-corrected chi connectivity index (χ1v) is 21.4. The first kappa shape index (κ1) is 34.3. The van der Waals surface area contributed by atoms with Crippen LogP contribution >= 0.6 is 0 Å². The Morgan fingerprint density at radius 1 is 0.349 bits per heavy atom. The zero-order valence-electron chi connectivity index (χ0n) is 33.8. The summed E-state index contributed by atoms with van der Waals surface area (Å²) in [4.78, 5) is 25.8. The topological polar surface area (TPSA) is 64.5 Å². The smallest absolute Gasteiger partial charge is 0.0972 e. The number of rotatable bonds is 3. The third kappa shape index (κ3) is 4.73. The molecule has 0 saturated heterocycles. The Morgan fingerprint density at radius 3 is 1.94 bits per heavy atom. The van der Waals surface area contributed by atoms with Crippen LogP contribution in [0.4, 0.5) is 0 Å². The maximum atomic E-state index is 5.79. The van der Waals surface area contributed by atoms with Crippen molar-refractivity contribution in [2.45, 2.75) is 5.41 Å². The molecule has 2 aliphatic rings. The van der Waals surface area contributed by atoms with Gasteiger partial charge in [-0.2, -0.15) is 0 Å². The highest BCUT2D eigenvalue weighted by molar-refractivity contribution is 6.13. The molecule has 0 unspecified atom stereocenters. The number of hydrogen-bond donors (Lipinski definition) is 0. The zero-order valence-corrected chi connectivity index (χ0v) is 33.8. The van der Waals surface area contributed by atoms with Gasteiger partial charge in [0.25, 0.3) is 0 Å². The van der Waals surface area contributed by atoms with Gasteiger partial charge in [-0.25, -0.2) is 9.97 Å². The standard InChI is InChI=1S/C58H33N5/c1-2-12-35-29-37(23-22-34(35)11-1)45-32-48-53(55-43(45)17-10-27-59-55)57-49(58(48)46-18-5-3-15-41(46)42-16-4-6-19-47(42)58)31-39-24-25-44-40(26-28-60-56(44)54(39)63-57)36-13-9-14-38(30-36)52-33-61-50-20-7-8-21-51(50)62-52/h1-33H. The van der Waals surface area contributed by atoms with Crippen LogP contribution in [0.3, 0.4) is 0 Å². The molecule has 0 amide bonds. The van der Waals surface area contributed by atoms with E-state index in [0.29, 0.717) is 0 Å². The number of aromatic nitrogens is 5. The summed E-state index contributed by atoms with van der Waals surface area (Å²) in [7, 11) is 0. The molecule has 1 spiro atoms. The molecule has 0 bridgehead atoms. The summed E-state index contributed by atoms with van der Waals surface area (Å²) >= 11 is 0. The van der Waals surface area contributed by atoms with Gasteiger partial charge in [-0.1, -0.05) is 133 Å². The fourth-order valence-corrected chi connectivity index (χ4v) is 10.9. The summed E-state index contributed by atoms with van der Waals surface area (Å²) < 4.78 is 0. The minimum Gasteiger partial charge on any atom is -0.256 e. The number of benzene rings is 8. The van der Waals surface area contributed by atoms with E-state index in [-0.39, 0.29) is 0 Å². The average molecular weight is 800 g/mol. The van der Waals surface area contributed by atoms with Gasteiger partial charge in [-0.15, -0.1) is 0 Å². The summed E-state index contributed by atoms with van der Waals surface area (Å²) in [6, 6.07) is 65.5. The second kappa shape index (κ2) is 12.8. The molecule has 0 saturated carbocycles. The summed E-state index contributed by atoms with van der Waals surface area (Å²) in [5, 5.41) is 5.62. The van der Waals surface area contributed by atoms with Crippen LogP contribution < -0.4 is 0 Å². The molecule has 5 nitrogen and oxygen atoms in total. The molecule has 0 aliphatic heterocycles. The number of pyridine rings is 3. The van der Waals surface area contributed by atoms with E-state index < -0.39 is 5.41 Å². The molecule has 12 aromatic rings. The van der Waals surface area contributed by atoms with Crippen LogP contribution in [0.25, 0.3) is 110 Å². The number of hydrogen-bond acceptors (Lipinski definition) is 5. The van der Waals surface area contributed by atoms with E-state index in [4.69, 9.17) is 24.9 Å². The van der Waals surface area contributed by atoms with E-state index in [0.717, 1.165) is 88.5 Å². The maximum Gasteiger partial charge on any atom is 0.0972 e. The molecule has 0 fully saturated rings. The molecule has 290 valence electrons. The highest BCUT2D eigenvalue weighted by Gasteiger charge is 2.53. The Kier molecular flexibility index (Phi) is 6.97. The first-order valence-electron chi connectivity index (χ1n) is 21.4. The van der Waals surface area contributed by atoms with E-state index in [1.54, 1.807) is 0 Å². The van der Waals surface area contributed by atoms with Crippen LogP contribution in [0.2, 0.25) is 0 Å². The van der Waals surface area contributed by atoms with Crippen molar-refractivity contribution in [1.82, 2.24) is 24.9 Å². The number of nitrogens with zero attached hydrogens (tertiary/aromatic N) is 5. The maximum absolute atomic E-state index is 5.79. The quantitative estimate of drug-likeness (QED) is 0.167. The van der Waals surface area contributed by atoms with Crippen LogP contribution in [-0.2, 0) is 5.41 Å². The lowest BCUT2D eigenvalue weighted by atomic mass is 9.70. The van der Waals surface area contributed by atoms with Crippen molar-refractivity contribution in [3.05, 3.63) is 223 Å². The first-order chi connectivity index (χ1) is 31.2. The molecule has 4 aromatic heterocycles. The second-order valence-corrected chi connectivity index (χ2v) is 16.8. The Bertz CT molecular complexity index is 3900. The fraction of sp³-hybridized carbons (Fsp3) is 0.0172. The molecular weight excluding hydrogens is 767 g/mol. The molecule has 0 atom stereocenters. The predicted octanol–water partition coefficient (Wildman–Crippen LogP) is 13.8. The van der Waals surface area contributed by atoms with Crippen molar-refractivity contribution in [3.63, 3.8) is 0 Å². The van der Waals surface area contributed by atoms with Crippen molar-refractivity contribution in [2.24, 2.45) is 0 Å². The molecule has 5 heteroatoms. The summed E-state index contributed by atoms with van der Waals surface area (Å²) in [6.45, 7) is 0. The average Bonchev–Trinajstić information content (AvgIpc) is 3.82. The lowest BCUT2D eigenvalue weighted by Gasteiger charge is -2.31. The van der Waals surface area contributed by atoms with Gasteiger partial charge in [0.15, 0.2) is 0 Å². The van der Waals surface area contributed by atoms with Gasteiger partial charge in [-0.05, 0) is 115 Å². The van der Waals surface area contributed by atoms with Crippen LogP contribution in [0.15, 0.2) is 201 Å². The molecule has 2 aliphatic carbocycles. The van der Waals surface area contributed by atoms with Gasteiger partial charge in [0, 0.05) is 39.7 Å². The molecular formula is C58H33N5. The second-order valence-electron chi connectivity index (χ2n) is 16.8. The van der Waals surface area contributed by atoms with Crippen molar-refractivity contribution in [1.29, 1.82) is 0 Å². The van der Waals surface area contributed by atoms with Gasteiger partial charge < -0.3 is 0 Å². The van der Waals surface area contributed by atoms with E-state index >= 15 is 0 Å². The Labute approximate surface area is 362 Å². The molecule has 4 heterocycles. The molecule has 0 N–H and O–H groups in total. The van der Waals surface area contributed by atoms with Gasteiger partial charge in [0.2, 0.25) is 0 Å². The molecule has 63 heavy (non-hydrogen) atoms. The van der Waals surface area contributed by atoms with Gasteiger partial charge >= 0.3 is 0 Å². The highest BCUT2D eigenvalue weighted by atomic mass is 14.8. The van der Waals surface area contributed by atoms with E-state index in [1.807, 2.05) is 42.9 Å². The normalized spacial score (nSPS) is 13.2. The summed E-state index contributed by atoms with van der Waals surface area (Å²) in [5.74, 6) is 0. The molecule has 8 aromatic carbocycles. The zero-order chi connectivity index (χ0) is 41.2. The highest BCUT2D eigenvalue weighted by Crippen LogP contribution is 2.64. The molecule has 0 radical (unpaired) electrons. The fourth-order valence-electron chi connectivity index (χ4n) is 10.9. The van der Waals surface area contributed by atoms with Gasteiger partial charge in [0.1, 0.15) is 0 Å². The van der Waals surface area contributed by atoms with E-state index in [2.05, 4.69) is 158 Å². The number of fused-ring (bicyclic) bond motifs is 17. The van der Waals surface area contributed by atoms with Gasteiger partial charge in [-0.3, -0.25) is 15.0 Å². The summed E-state index contributed by atoms with van der Waals surface area (Å²) in [6.07, 6.45) is 5.70. The molecule has 14 rings (SSSR count). The van der Waals surface area contributed by atoms with E-state index in [1.165, 1.54) is 44.2 Å². The van der Waals surface area contributed by atoms with Crippen LogP contribution in [0.5, 0.6) is 0 Å². The van der Waals surface area contributed by atoms with Gasteiger partial charge in [0.05, 0.1) is 50.6 Å². The van der Waals surface area contributed by atoms with Crippen molar-refractivity contribution in [3.8, 4) is 55.9 Å². The minimum absolute atomic E-state index is 0.618. The SMILES string of the molecule is c1cc(-c2cnc3ccccc3n2)cc(-c2ccnc3c2ccc2cc4c(nc23)-c2c(cc(-c3ccc5ccccc5c3)c3cccnc23)C42c3ccccc3-c3ccccc32)c1. The lowest BCUT2D eigenvalue weighted by molar-refractivity contribution is 0.794. The van der Waals surface area contributed by atoms with Crippen LogP contribution in [0, 0.1) is 0 Å². The van der Waals surface area contributed by atoms with Crippen molar-refractivity contribution < 1.29 is 0 Å². The third-order valence-electron chi connectivity index (χ3n) is 13.6. The lowest BCUT2D eigenvalue weighted by Crippen LogP contribution is -2.26. The van der Waals surface area contributed by atoms with Crippen molar-refractivity contribution >= 4 is 54.5 Å². The van der Waals surface area contributed by atoms with Crippen LogP contribution in [-0.4, -0.2) is 24.9 Å². The Balaban J connectivity index is 1.04.